The quantitative estimate of drug-likeness (QED) is 0.168. The minimum atomic E-state index is -3.58. The van der Waals surface area contributed by atoms with Gasteiger partial charge >= 0.3 is 0 Å². The maximum absolute atomic E-state index is 13.3. The maximum Gasteiger partial charge on any atom is 0.236 e. The molecule has 0 amide bonds. The van der Waals surface area contributed by atoms with Crippen molar-refractivity contribution in [3.8, 4) is 11.1 Å². The van der Waals surface area contributed by atoms with Gasteiger partial charge in [-0.3, -0.25) is 0 Å². The number of nitrogens with zero attached hydrogens (tertiary/aromatic N) is 2. The van der Waals surface area contributed by atoms with E-state index in [0.717, 1.165) is 54.7 Å². The Morgan fingerprint density at radius 2 is 1.27 bits per heavy atom. The molecule has 0 bridgehead atoms. The van der Waals surface area contributed by atoms with E-state index in [1.165, 1.54) is 16.5 Å². The van der Waals surface area contributed by atoms with E-state index in [-0.39, 0.29) is 0 Å². The first-order chi connectivity index (χ1) is 19.9. The normalized spacial score (nSPS) is 12.0. The van der Waals surface area contributed by atoms with Crippen molar-refractivity contribution >= 4 is 16.1 Å². The predicted molar refractivity (Wildman–Crippen MR) is 172 cm³/mol. The second-order valence-corrected chi connectivity index (χ2v) is 12.4. The Balaban J connectivity index is 1.36. The predicted octanol–water partition coefficient (Wildman–Crippen LogP) is 6.44. The van der Waals surface area contributed by atoms with E-state index in [1.54, 1.807) is 10.4 Å². The number of nitrogens with one attached hydrogen (secondary N) is 1. The fourth-order valence-corrected chi connectivity index (χ4v) is 5.82. The number of sulfonamides is 1. The van der Waals surface area contributed by atoms with E-state index in [9.17, 15) is 8.42 Å². The van der Waals surface area contributed by atoms with Crippen LogP contribution >= 0.6 is 0 Å². The molecule has 4 rings (SSSR count). The van der Waals surface area contributed by atoms with E-state index < -0.39 is 10.0 Å². The van der Waals surface area contributed by atoms with Gasteiger partial charge in [-0.25, -0.2) is 8.42 Å². The molecule has 4 aromatic carbocycles. The molecule has 41 heavy (non-hydrogen) atoms. The van der Waals surface area contributed by atoms with Gasteiger partial charge in [-0.15, -0.1) is 0 Å². The molecule has 0 unspecified atom stereocenters. The molecule has 6 heteroatoms. The van der Waals surface area contributed by atoms with Crippen LogP contribution in [0.4, 0.5) is 0 Å². The third-order valence-electron chi connectivity index (χ3n) is 6.97. The summed E-state index contributed by atoms with van der Waals surface area (Å²) in [7, 11) is 0.423. The molecule has 0 radical (unpaired) electrons. The topological polar surface area (TPSA) is 52.6 Å². The average molecular weight is 568 g/mol. The Morgan fingerprint density at radius 1 is 0.683 bits per heavy atom. The van der Waals surface area contributed by atoms with Crippen molar-refractivity contribution in [2.45, 2.75) is 25.9 Å². The molecule has 1 N–H and O–H groups in total. The van der Waals surface area contributed by atoms with Gasteiger partial charge < -0.3 is 10.2 Å². The van der Waals surface area contributed by atoms with Crippen molar-refractivity contribution in [1.82, 2.24) is 14.5 Å². The monoisotopic (exact) mass is 567 g/mol. The zero-order chi connectivity index (χ0) is 28.9. The summed E-state index contributed by atoms with van der Waals surface area (Å²) in [6.07, 6.45) is 3.44. The minimum absolute atomic E-state index is 0.336. The van der Waals surface area contributed by atoms with Crippen molar-refractivity contribution in [2.75, 3.05) is 33.7 Å². The van der Waals surface area contributed by atoms with Gasteiger partial charge in [0, 0.05) is 25.0 Å². The van der Waals surface area contributed by atoms with Crippen LogP contribution in [0.25, 0.3) is 17.2 Å². The molecule has 0 saturated carbocycles. The molecule has 214 valence electrons. The standard InChI is InChI=1S/C35H41N3O2S/c1-37(2)25-9-26-38(41(39,40)27-23-31-12-7-4-8-13-31)29-33-16-20-35(21-17-33)34-18-14-32(15-19-34)28-36-24-22-30-10-5-3-6-11-30/h3-8,10-21,23,27,36H,9,22,24-26,28-29H2,1-2H3/b27-23+. The first kappa shape index (κ1) is 30.4. The Labute approximate surface area is 246 Å². The second-order valence-electron chi connectivity index (χ2n) is 10.6. The molecule has 0 aliphatic heterocycles. The number of hydrogen-bond acceptors (Lipinski definition) is 4. The fraction of sp³-hybridized carbons (Fsp3) is 0.257. The highest BCUT2D eigenvalue weighted by Gasteiger charge is 2.19. The molecule has 0 aromatic heterocycles. The van der Waals surface area contributed by atoms with Crippen molar-refractivity contribution in [3.05, 3.63) is 137 Å². The molecule has 0 fully saturated rings. The number of rotatable bonds is 15. The van der Waals surface area contributed by atoms with Crippen LogP contribution in [0.2, 0.25) is 0 Å². The summed E-state index contributed by atoms with van der Waals surface area (Å²) >= 11 is 0. The molecule has 4 aromatic rings. The minimum Gasteiger partial charge on any atom is -0.312 e. The Bertz CT molecular complexity index is 1450. The van der Waals surface area contributed by atoms with Crippen molar-refractivity contribution in [1.29, 1.82) is 0 Å². The lowest BCUT2D eigenvalue weighted by molar-refractivity contribution is 0.349. The van der Waals surface area contributed by atoms with Gasteiger partial charge in [-0.05, 0) is 79.5 Å². The van der Waals surface area contributed by atoms with E-state index in [1.807, 2.05) is 62.6 Å². The van der Waals surface area contributed by atoms with Crippen molar-refractivity contribution in [2.24, 2.45) is 0 Å². The first-order valence-corrected chi connectivity index (χ1v) is 15.7. The van der Waals surface area contributed by atoms with E-state index in [0.29, 0.717) is 13.1 Å². The fourth-order valence-electron chi connectivity index (χ4n) is 4.61. The summed E-state index contributed by atoms with van der Waals surface area (Å²) in [5.41, 5.74) is 6.68. The number of benzene rings is 4. The third-order valence-corrected chi connectivity index (χ3v) is 8.48. The highest BCUT2D eigenvalue weighted by Crippen LogP contribution is 2.22. The molecule has 0 aliphatic rings. The molecular weight excluding hydrogens is 526 g/mol. The van der Waals surface area contributed by atoms with Crippen LogP contribution in [-0.2, 0) is 29.5 Å². The molecule has 5 nitrogen and oxygen atoms in total. The molecule has 0 spiro atoms. The van der Waals surface area contributed by atoms with Gasteiger partial charge in [-0.1, -0.05) is 109 Å². The lowest BCUT2D eigenvalue weighted by atomic mass is 10.0. The zero-order valence-corrected chi connectivity index (χ0v) is 24.9. The van der Waals surface area contributed by atoms with E-state index >= 15 is 0 Å². The van der Waals surface area contributed by atoms with Crippen molar-refractivity contribution < 1.29 is 8.42 Å². The Hall–Kier alpha value is -3.55. The largest absolute Gasteiger partial charge is 0.312 e. The Morgan fingerprint density at radius 3 is 1.88 bits per heavy atom. The summed E-state index contributed by atoms with van der Waals surface area (Å²) in [6.45, 7) is 3.40. The molecule has 0 heterocycles. The van der Waals surface area contributed by atoms with Gasteiger partial charge in [0.1, 0.15) is 0 Å². The van der Waals surface area contributed by atoms with Crippen LogP contribution in [-0.4, -0.2) is 51.4 Å². The zero-order valence-electron chi connectivity index (χ0n) is 24.1. The summed E-state index contributed by atoms with van der Waals surface area (Å²) in [5, 5.41) is 4.85. The third kappa shape index (κ3) is 10.1. The lowest BCUT2D eigenvalue weighted by Gasteiger charge is -2.21. The molecule has 0 saturated heterocycles. The summed E-state index contributed by atoms with van der Waals surface area (Å²) in [4.78, 5) is 2.07. The SMILES string of the molecule is CN(C)CCCN(Cc1ccc(-c2ccc(CNCCc3ccccc3)cc2)cc1)S(=O)(=O)/C=C/c1ccccc1. The highest BCUT2D eigenvalue weighted by atomic mass is 32.2. The summed E-state index contributed by atoms with van der Waals surface area (Å²) in [5.74, 6) is 0. The van der Waals surface area contributed by atoms with Gasteiger partial charge in [0.25, 0.3) is 0 Å². The van der Waals surface area contributed by atoms with E-state index in [4.69, 9.17) is 0 Å². The van der Waals surface area contributed by atoms with Crippen molar-refractivity contribution in [3.63, 3.8) is 0 Å². The van der Waals surface area contributed by atoms with Gasteiger partial charge in [0.15, 0.2) is 0 Å². The van der Waals surface area contributed by atoms with E-state index in [2.05, 4.69) is 70.9 Å². The molecule has 0 atom stereocenters. The van der Waals surface area contributed by atoms with Gasteiger partial charge in [0.05, 0.1) is 0 Å². The van der Waals surface area contributed by atoms with Crippen LogP contribution in [0.3, 0.4) is 0 Å². The van der Waals surface area contributed by atoms with Crippen LogP contribution in [0.15, 0.2) is 115 Å². The van der Waals surface area contributed by atoms with Gasteiger partial charge in [-0.2, -0.15) is 4.31 Å². The maximum atomic E-state index is 13.3. The highest BCUT2D eigenvalue weighted by molar-refractivity contribution is 7.92. The average Bonchev–Trinajstić information content (AvgIpc) is 2.99. The molecular formula is C35H41N3O2S. The summed E-state index contributed by atoms with van der Waals surface area (Å²) in [6, 6.07) is 36.9. The van der Waals surface area contributed by atoms with Crippen LogP contribution < -0.4 is 5.32 Å². The Kier molecular flexibility index (Phi) is 11.5. The number of hydrogen-bond donors (Lipinski definition) is 1. The van der Waals surface area contributed by atoms with Crippen LogP contribution in [0, 0.1) is 0 Å². The summed E-state index contributed by atoms with van der Waals surface area (Å²) < 4.78 is 28.2. The molecule has 0 aliphatic carbocycles. The van der Waals surface area contributed by atoms with Crippen LogP contribution in [0.5, 0.6) is 0 Å². The van der Waals surface area contributed by atoms with Gasteiger partial charge in [0.2, 0.25) is 10.0 Å². The second kappa shape index (κ2) is 15.5. The smallest absolute Gasteiger partial charge is 0.236 e. The van der Waals surface area contributed by atoms with Crippen LogP contribution in [0.1, 0.15) is 28.7 Å². The lowest BCUT2D eigenvalue weighted by Crippen LogP contribution is -2.31. The first-order valence-electron chi connectivity index (χ1n) is 14.2.